The van der Waals surface area contributed by atoms with E-state index in [1.54, 1.807) is 43.3 Å². The van der Waals surface area contributed by atoms with E-state index in [-0.39, 0.29) is 83.5 Å². The zero-order valence-electron chi connectivity index (χ0n) is 50.9. The standard InChI is InChI=1S/C16H17NO3S.C15H15NO3S.C14H10F3N3O2S.C10H13NO2.C5HClF3NOS.CH4.Li.H2O/c1-9-5-6-12(16(19)20-4)13(11(9)3)7-14(18)15-17-10(2)8-21-15;1-8-4-5-11(15(18)19)12(10(8)3)6-13(17)14-16-9(2)7-20-14;1-6-8(22-2)4-3-7-10(6)19-11(20-12(7)21)13-18-9(5-23-13)14(15,16)17;1-6-4-5-8(10(12)13-3)9(11)7(6)2;6-3(11)4-10-2(1-12-4)5(7,8)9;;;/h5-6,8H,7H2,1-4H3;4-5,7H,6H2,1-3H3,(H,18,19);3-5H,1-2H3,(H,19,20,21);4-5H,11H2,1-3H3;1H;1H4;;1H2/q;;;;;;+1;/p-1. The number of aromatic nitrogens is 6. The van der Waals surface area contributed by atoms with Crippen molar-refractivity contribution >= 4 is 108 Å². The number of benzene rings is 4. The molecular formula is C61H61ClF6LiN7O12S4. The van der Waals surface area contributed by atoms with Crippen LogP contribution < -0.4 is 34.9 Å². The zero-order chi connectivity index (χ0) is 66.6. The average molecular weight is 1370 g/mol. The van der Waals surface area contributed by atoms with Gasteiger partial charge in [-0.1, -0.05) is 25.6 Å². The number of Topliss-reactive ketones (excluding diaryl/α,β-unsaturated/α-hetero) is 2. The van der Waals surface area contributed by atoms with E-state index in [4.69, 9.17) is 26.8 Å². The number of rotatable bonds is 12. The van der Waals surface area contributed by atoms with Gasteiger partial charge in [0.15, 0.2) is 48.8 Å². The summed E-state index contributed by atoms with van der Waals surface area (Å²) in [7, 11) is 4.17. The van der Waals surface area contributed by atoms with Crippen molar-refractivity contribution < 1.29 is 98.8 Å². The van der Waals surface area contributed by atoms with E-state index in [1.807, 2.05) is 78.3 Å². The SMILES string of the molecule is C.COC(=O)c1ccc(C)c(C)c1CC(=O)c1nc(C)cs1.COC(=O)c1ccc(C)c(C)c1N.COc1ccc2c(=O)[nH]c(-c3nc(C(F)(F)F)cs3)nc2c1C.Cc1csc(C(=O)Cc2c(C(=O)O)ccc(C)c2C)n1.O=C(Cl)c1nc(C(F)(F)F)cs1.[Li+].[OH-]. The van der Waals surface area contributed by atoms with Gasteiger partial charge in [0.2, 0.25) is 0 Å². The number of methoxy groups -OCH3 is 3. The van der Waals surface area contributed by atoms with Crippen LogP contribution in [0.4, 0.5) is 32.0 Å². The molecule has 0 saturated carbocycles. The minimum atomic E-state index is -4.54. The predicted molar refractivity (Wildman–Crippen MR) is 337 cm³/mol. The molecule has 0 amide bonds. The van der Waals surface area contributed by atoms with Crippen molar-refractivity contribution in [1.82, 2.24) is 29.9 Å². The molecule has 19 nitrogen and oxygen atoms in total. The van der Waals surface area contributed by atoms with Crippen LogP contribution >= 0.6 is 56.9 Å². The second-order valence-electron chi connectivity index (χ2n) is 19.2. The van der Waals surface area contributed by atoms with E-state index >= 15 is 0 Å². The quantitative estimate of drug-likeness (QED) is 0.0256. The molecule has 0 bridgehead atoms. The molecule has 486 valence electrons. The average Bonchev–Trinajstić information content (AvgIpc) is 1.18. The summed E-state index contributed by atoms with van der Waals surface area (Å²) in [4.78, 5) is 103. The van der Waals surface area contributed by atoms with Crippen LogP contribution in [0.1, 0.15) is 141 Å². The van der Waals surface area contributed by atoms with Crippen molar-refractivity contribution in [2.75, 3.05) is 27.1 Å². The molecule has 92 heavy (non-hydrogen) atoms. The fourth-order valence-corrected chi connectivity index (χ4v) is 11.0. The molecule has 5 heterocycles. The van der Waals surface area contributed by atoms with Crippen LogP contribution in [0.25, 0.3) is 21.7 Å². The number of hydrogen-bond acceptors (Lipinski definition) is 21. The van der Waals surface area contributed by atoms with Gasteiger partial charge in [-0.05, 0) is 149 Å². The third kappa shape index (κ3) is 20.5. The zero-order valence-corrected chi connectivity index (χ0v) is 54.9. The van der Waals surface area contributed by atoms with Crippen molar-refractivity contribution in [2.24, 2.45) is 0 Å². The van der Waals surface area contributed by atoms with Crippen LogP contribution in [-0.4, -0.2) is 96.5 Å². The molecule has 5 aromatic heterocycles. The topological polar surface area (TPSA) is 304 Å². The fraction of sp³-hybridized carbons (Fsp3) is 0.279. The fourth-order valence-electron chi connectivity index (χ4n) is 7.92. The Morgan fingerprint density at radius 1 is 0.576 bits per heavy atom. The Morgan fingerprint density at radius 2 is 1.01 bits per heavy atom. The number of nitrogen functional groups attached to an aromatic ring is 1. The first kappa shape index (κ1) is 80.1. The van der Waals surface area contributed by atoms with Crippen molar-refractivity contribution in [3.05, 3.63) is 185 Å². The van der Waals surface area contributed by atoms with Crippen LogP contribution in [0, 0.1) is 62.3 Å². The number of nitrogens with two attached hydrogens (primary N) is 1. The van der Waals surface area contributed by atoms with Crippen LogP contribution in [0.3, 0.4) is 0 Å². The number of aromatic amines is 1. The number of carbonyl (C=O) groups is 6. The molecule has 0 fully saturated rings. The summed E-state index contributed by atoms with van der Waals surface area (Å²) in [6, 6.07) is 13.6. The van der Waals surface area contributed by atoms with Crippen molar-refractivity contribution in [1.29, 1.82) is 0 Å². The minimum Gasteiger partial charge on any atom is -0.870 e. The van der Waals surface area contributed by atoms with E-state index in [2.05, 4.69) is 34.6 Å². The van der Waals surface area contributed by atoms with Crippen LogP contribution in [0.2, 0.25) is 0 Å². The normalized spacial score (nSPS) is 10.6. The number of nitrogens with zero attached hydrogens (tertiary/aromatic N) is 5. The number of ketones is 2. The summed E-state index contributed by atoms with van der Waals surface area (Å²) < 4.78 is 88.1. The Labute approximate surface area is 556 Å². The van der Waals surface area contributed by atoms with Gasteiger partial charge in [-0.25, -0.2) is 39.3 Å². The van der Waals surface area contributed by atoms with E-state index in [9.17, 15) is 65.0 Å². The molecule has 0 aliphatic heterocycles. The number of esters is 2. The molecule has 4 aromatic carbocycles. The monoisotopic (exact) mass is 1370 g/mol. The van der Waals surface area contributed by atoms with Gasteiger partial charge in [-0.3, -0.25) is 19.2 Å². The number of carboxylic acids is 1. The smallest absolute Gasteiger partial charge is 0.870 e. The van der Waals surface area contributed by atoms with Crippen molar-refractivity contribution in [3.8, 4) is 16.6 Å². The van der Waals surface area contributed by atoms with Crippen LogP contribution in [-0.2, 0) is 34.7 Å². The van der Waals surface area contributed by atoms with Gasteiger partial charge in [0.05, 0.1) is 48.9 Å². The number of carboxylic acid groups (broad SMARTS) is 1. The molecule has 0 spiro atoms. The molecule has 9 aromatic rings. The Bertz CT molecular complexity index is 4200. The first-order valence-electron chi connectivity index (χ1n) is 25.8. The maximum Gasteiger partial charge on any atom is 1.00 e. The Kier molecular flexibility index (Phi) is 30.1. The summed E-state index contributed by atoms with van der Waals surface area (Å²) in [6.45, 7) is 16.9. The molecule has 0 aliphatic carbocycles. The van der Waals surface area contributed by atoms with E-state index in [1.165, 1.54) is 44.0 Å². The van der Waals surface area contributed by atoms with Gasteiger partial charge in [0.1, 0.15) is 5.75 Å². The third-order valence-electron chi connectivity index (χ3n) is 13.2. The maximum atomic E-state index is 12.6. The molecule has 0 unspecified atom stereocenters. The summed E-state index contributed by atoms with van der Waals surface area (Å²) in [5.41, 5.74) is 14.6. The number of aromatic carboxylic acids is 1. The number of carbonyl (C=O) groups excluding carboxylic acids is 5. The van der Waals surface area contributed by atoms with Gasteiger partial charge in [-0.2, -0.15) is 26.3 Å². The number of fused-ring (bicyclic) bond motifs is 1. The number of aryl methyl sites for hydroxylation is 6. The number of thiazole rings is 4. The first-order valence-corrected chi connectivity index (χ1v) is 29.7. The molecule has 0 saturated heterocycles. The van der Waals surface area contributed by atoms with Gasteiger partial charge < -0.3 is 35.5 Å². The second-order valence-corrected chi connectivity index (χ2v) is 22.9. The number of hydrogen-bond donors (Lipinski definition) is 3. The molecule has 0 aliphatic rings. The van der Waals surface area contributed by atoms with E-state index in [0.29, 0.717) is 65.9 Å². The third-order valence-corrected chi connectivity index (χ3v) is 17.2. The number of anilines is 1. The number of H-pyrrole nitrogens is 1. The summed E-state index contributed by atoms with van der Waals surface area (Å²) in [6.07, 6.45) is -8.82. The Balaban J connectivity index is 0.000000396. The van der Waals surface area contributed by atoms with Gasteiger partial charge in [0, 0.05) is 57.0 Å². The van der Waals surface area contributed by atoms with E-state index in [0.717, 1.165) is 72.4 Å². The first-order chi connectivity index (χ1) is 41.6. The number of nitrogens with one attached hydrogen (secondary N) is 1. The van der Waals surface area contributed by atoms with Gasteiger partial charge in [-0.15, -0.1) is 45.3 Å². The minimum absolute atomic E-state index is 0. The molecule has 31 heteroatoms. The molecule has 5 N–H and O–H groups in total. The summed E-state index contributed by atoms with van der Waals surface area (Å²) >= 11 is 8.87. The maximum absolute atomic E-state index is 12.6. The van der Waals surface area contributed by atoms with E-state index < -0.39 is 46.5 Å². The van der Waals surface area contributed by atoms with Crippen LogP contribution in [0.5, 0.6) is 5.75 Å². The number of ether oxygens (including phenoxy) is 3. The number of alkyl halides is 6. The molecule has 0 atom stereocenters. The largest absolute Gasteiger partial charge is 1.00 e. The number of halogens is 7. The van der Waals surface area contributed by atoms with Crippen LogP contribution in [0.15, 0.2) is 74.8 Å². The van der Waals surface area contributed by atoms with Gasteiger partial charge in [0.25, 0.3) is 10.8 Å². The van der Waals surface area contributed by atoms with Gasteiger partial charge >= 0.3 is 49.1 Å². The molecule has 9 rings (SSSR count). The summed E-state index contributed by atoms with van der Waals surface area (Å²) in [5.74, 6) is -1.50. The molecular weight excluding hydrogens is 1310 g/mol. The van der Waals surface area contributed by atoms with Crippen molar-refractivity contribution in [3.63, 3.8) is 0 Å². The van der Waals surface area contributed by atoms with Crippen molar-refractivity contribution in [2.45, 2.75) is 94.9 Å². The second kappa shape index (κ2) is 34.6. The predicted octanol–water partition coefficient (Wildman–Crippen LogP) is 11.5. The Hall–Kier alpha value is -8.01. The molecule has 0 radical (unpaired) electrons. The summed E-state index contributed by atoms with van der Waals surface area (Å²) in [5, 5.41) is 14.5. The Morgan fingerprint density at radius 3 is 1.42 bits per heavy atom.